The van der Waals surface area contributed by atoms with Crippen LogP contribution in [-0.4, -0.2) is 39.2 Å². The number of fused-ring (bicyclic) bond motifs is 3. The summed E-state index contributed by atoms with van der Waals surface area (Å²) in [6.45, 7) is 0.409. The zero-order chi connectivity index (χ0) is 25.5. The van der Waals surface area contributed by atoms with Gasteiger partial charge in [0.2, 0.25) is 6.79 Å². The Balaban J connectivity index is 1.20. The van der Waals surface area contributed by atoms with Gasteiger partial charge in [-0.1, -0.05) is 12.1 Å². The number of hydrogen-bond acceptors (Lipinski definition) is 8. The normalized spacial score (nSPS) is 13.4. The Morgan fingerprint density at radius 1 is 0.946 bits per heavy atom. The van der Waals surface area contributed by atoms with Gasteiger partial charge in [-0.3, -0.25) is 14.4 Å². The molecule has 2 aromatic heterocycles. The molecular formula is C25H18FN5O6. The van der Waals surface area contributed by atoms with Crippen molar-refractivity contribution in [2.45, 2.75) is 19.5 Å². The molecule has 0 saturated heterocycles. The molecule has 37 heavy (non-hydrogen) atoms. The van der Waals surface area contributed by atoms with Gasteiger partial charge in [0, 0.05) is 24.7 Å². The molecular weight excluding hydrogens is 485 g/mol. The summed E-state index contributed by atoms with van der Waals surface area (Å²) in [4.78, 5) is 41.4. The highest BCUT2D eigenvalue weighted by molar-refractivity contribution is 5.98. The molecule has 186 valence electrons. The predicted octanol–water partition coefficient (Wildman–Crippen LogP) is 1.92. The Kier molecular flexibility index (Phi) is 5.40. The van der Waals surface area contributed by atoms with Gasteiger partial charge in [-0.2, -0.15) is 5.10 Å². The zero-order valence-electron chi connectivity index (χ0n) is 19.1. The average Bonchev–Trinajstić information content (AvgIpc) is 3.62. The second-order valence-electron chi connectivity index (χ2n) is 8.40. The second kappa shape index (κ2) is 8.90. The fraction of sp³-hybridized carbons (Fsp3) is 0.160. The highest BCUT2D eigenvalue weighted by atomic mass is 19.1. The maximum absolute atomic E-state index is 14.3. The van der Waals surface area contributed by atoms with Gasteiger partial charge in [0.05, 0.1) is 12.6 Å². The van der Waals surface area contributed by atoms with Crippen molar-refractivity contribution in [2.24, 2.45) is 0 Å². The fourth-order valence-electron chi connectivity index (χ4n) is 4.11. The van der Waals surface area contributed by atoms with Crippen LogP contribution in [0, 0.1) is 5.82 Å². The minimum atomic E-state index is -0.775. The summed E-state index contributed by atoms with van der Waals surface area (Å²) in [6, 6.07) is 11.7. The number of carbonyl (C=O) groups excluding carboxylic acids is 3. The molecule has 4 aromatic rings. The van der Waals surface area contributed by atoms with Crippen molar-refractivity contribution in [1.29, 1.82) is 0 Å². The number of aromatic nitrogens is 3. The number of nitrogens with zero attached hydrogens (tertiary/aromatic N) is 3. The summed E-state index contributed by atoms with van der Waals surface area (Å²) in [6.07, 6.45) is 1.09. The Morgan fingerprint density at radius 2 is 1.68 bits per heavy atom. The standard InChI is InChI=1S/C25H18FN5O6/c26-16-11-29-31-18(25(34)28-10-14-2-4-20-21(6-14)36-12-35-20)8-17(30-23(16)31)24(33)27-9-13-1-3-19-15(5-13)7-22(32)37-19/h1-6,8,11H,7,9-10,12H2,(H,27,33)(H,28,34). The van der Waals surface area contributed by atoms with E-state index in [0.29, 0.717) is 17.2 Å². The van der Waals surface area contributed by atoms with Crippen LogP contribution in [0.2, 0.25) is 0 Å². The van der Waals surface area contributed by atoms with E-state index in [1.807, 2.05) is 0 Å². The Hall–Kier alpha value is -5.00. The predicted molar refractivity (Wildman–Crippen MR) is 124 cm³/mol. The van der Waals surface area contributed by atoms with E-state index in [2.05, 4.69) is 20.7 Å². The number of hydrogen-bond donors (Lipinski definition) is 2. The lowest BCUT2D eigenvalue weighted by molar-refractivity contribution is -0.131. The van der Waals surface area contributed by atoms with Gasteiger partial charge >= 0.3 is 5.97 Å². The minimum Gasteiger partial charge on any atom is -0.454 e. The van der Waals surface area contributed by atoms with Gasteiger partial charge in [-0.15, -0.1) is 0 Å². The molecule has 0 radical (unpaired) electrons. The number of amides is 2. The van der Waals surface area contributed by atoms with Crippen molar-refractivity contribution >= 4 is 23.4 Å². The van der Waals surface area contributed by atoms with Gasteiger partial charge in [-0.05, 0) is 35.4 Å². The van der Waals surface area contributed by atoms with Crippen molar-refractivity contribution in [3.05, 3.63) is 82.6 Å². The molecule has 2 aromatic carbocycles. The van der Waals surface area contributed by atoms with Crippen molar-refractivity contribution in [3.8, 4) is 17.2 Å². The van der Waals surface area contributed by atoms with E-state index in [0.717, 1.165) is 27.4 Å². The molecule has 2 N–H and O–H groups in total. The molecule has 0 unspecified atom stereocenters. The number of carbonyl (C=O) groups is 3. The first-order chi connectivity index (χ1) is 17.9. The lowest BCUT2D eigenvalue weighted by atomic mass is 10.1. The highest BCUT2D eigenvalue weighted by Gasteiger charge is 2.22. The largest absolute Gasteiger partial charge is 0.454 e. The molecule has 0 aliphatic carbocycles. The topological polar surface area (TPSA) is 133 Å². The van der Waals surface area contributed by atoms with Gasteiger partial charge in [-0.25, -0.2) is 13.9 Å². The van der Waals surface area contributed by atoms with Crippen LogP contribution < -0.4 is 24.8 Å². The number of benzene rings is 2. The Labute approximate surface area is 208 Å². The monoisotopic (exact) mass is 503 g/mol. The van der Waals surface area contributed by atoms with Crippen LogP contribution in [0.15, 0.2) is 48.7 Å². The summed E-state index contributed by atoms with van der Waals surface area (Å²) in [7, 11) is 0. The van der Waals surface area contributed by atoms with Crippen molar-refractivity contribution in [3.63, 3.8) is 0 Å². The van der Waals surface area contributed by atoms with Crippen LogP contribution >= 0.6 is 0 Å². The third-order valence-corrected chi connectivity index (χ3v) is 5.92. The van der Waals surface area contributed by atoms with Crippen LogP contribution in [0.1, 0.15) is 37.7 Å². The van der Waals surface area contributed by atoms with Crippen LogP contribution in [0.25, 0.3) is 5.65 Å². The zero-order valence-corrected chi connectivity index (χ0v) is 19.1. The van der Waals surface area contributed by atoms with E-state index in [-0.39, 0.29) is 49.3 Å². The van der Waals surface area contributed by atoms with Gasteiger partial charge in [0.25, 0.3) is 11.8 Å². The van der Waals surface area contributed by atoms with Crippen molar-refractivity contribution in [1.82, 2.24) is 25.2 Å². The molecule has 0 saturated carbocycles. The first-order valence-corrected chi connectivity index (χ1v) is 11.3. The molecule has 2 aliphatic heterocycles. The molecule has 2 amide bonds. The quantitative estimate of drug-likeness (QED) is 0.301. The van der Waals surface area contributed by atoms with E-state index < -0.39 is 17.6 Å². The molecule has 0 fully saturated rings. The number of nitrogens with one attached hydrogen (secondary N) is 2. The molecule has 2 aliphatic rings. The highest BCUT2D eigenvalue weighted by Crippen LogP contribution is 2.32. The molecule has 11 nitrogen and oxygen atoms in total. The maximum Gasteiger partial charge on any atom is 0.315 e. The first kappa shape index (κ1) is 22.5. The maximum atomic E-state index is 14.3. The van der Waals surface area contributed by atoms with Crippen LogP contribution in [-0.2, 0) is 24.3 Å². The van der Waals surface area contributed by atoms with Gasteiger partial charge in [0.1, 0.15) is 17.1 Å². The van der Waals surface area contributed by atoms with E-state index in [9.17, 15) is 18.8 Å². The Bertz CT molecular complexity index is 1600. The lowest BCUT2D eigenvalue weighted by Crippen LogP contribution is -2.28. The molecule has 12 heteroatoms. The van der Waals surface area contributed by atoms with Crippen molar-refractivity contribution in [2.75, 3.05) is 6.79 Å². The molecule has 4 heterocycles. The van der Waals surface area contributed by atoms with E-state index in [1.54, 1.807) is 36.4 Å². The fourth-order valence-corrected chi connectivity index (χ4v) is 4.11. The third-order valence-electron chi connectivity index (χ3n) is 5.92. The van der Waals surface area contributed by atoms with Crippen molar-refractivity contribution < 1.29 is 33.0 Å². The van der Waals surface area contributed by atoms with E-state index in [4.69, 9.17) is 14.2 Å². The molecule has 0 spiro atoms. The third kappa shape index (κ3) is 4.29. The molecule has 0 bridgehead atoms. The number of halogens is 1. The summed E-state index contributed by atoms with van der Waals surface area (Å²) in [5, 5.41) is 9.33. The first-order valence-electron chi connectivity index (χ1n) is 11.3. The smallest absolute Gasteiger partial charge is 0.315 e. The SMILES string of the molecule is O=C1Cc2cc(CNC(=O)c3cc(C(=O)NCc4ccc5c(c4)OCO5)n4ncc(F)c4n3)ccc2O1. The van der Waals surface area contributed by atoms with E-state index >= 15 is 0 Å². The average molecular weight is 503 g/mol. The van der Waals surface area contributed by atoms with Crippen LogP contribution in [0.4, 0.5) is 4.39 Å². The Morgan fingerprint density at radius 3 is 2.51 bits per heavy atom. The summed E-state index contributed by atoms with van der Waals surface area (Å²) >= 11 is 0. The number of esters is 1. The van der Waals surface area contributed by atoms with Gasteiger partial charge < -0.3 is 24.8 Å². The summed E-state index contributed by atoms with van der Waals surface area (Å²) < 4.78 is 31.1. The van der Waals surface area contributed by atoms with Gasteiger partial charge in [0.15, 0.2) is 23.0 Å². The molecule has 6 rings (SSSR count). The second-order valence-corrected chi connectivity index (χ2v) is 8.40. The van der Waals surface area contributed by atoms with E-state index in [1.165, 1.54) is 6.07 Å². The minimum absolute atomic E-state index is 0.0621. The molecule has 0 atom stereocenters. The lowest BCUT2D eigenvalue weighted by Gasteiger charge is -2.10. The number of ether oxygens (including phenoxy) is 3. The van der Waals surface area contributed by atoms with Crippen LogP contribution in [0.3, 0.4) is 0 Å². The number of rotatable bonds is 6. The summed E-state index contributed by atoms with van der Waals surface area (Å²) in [5.74, 6) is -0.598. The summed E-state index contributed by atoms with van der Waals surface area (Å²) in [5.41, 5.74) is 1.76. The van der Waals surface area contributed by atoms with Crippen LogP contribution in [0.5, 0.6) is 17.2 Å².